The van der Waals surface area contributed by atoms with Gasteiger partial charge in [-0.25, -0.2) is 0 Å². The van der Waals surface area contributed by atoms with Crippen LogP contribution < -0.4 is 5.32 Å². The van der Waals surface area contributed by atoms with Crippen LogP contribution >= 0.6 is 11.8 Å². The molecule has 1 aliphatic rings. The summed E-state index contributed by atoms with van der Waals surface area (Å²) in [4.78, 5) is 0. The number of hydrogen-bond donors (Lipinski definition) is 1. The molecule has 1 nitrogen and oxygen atoms in total. The molecule has 14 heavy (non-hydrogen) atoms. The van der Waals surface area contributed by atoms with E-state index in [0.29, 0.717) is 0 Å². The molecule has 0 radical (unpaired) electrons. The monoisotopic (exact) mass is 215 g/mol. The Balaban J connectivity index is 2.00. The van der Waals surface area contributed by atoms with E-state index in [1.54, 1.807) is 0 Å². The molecule has 0 aromatic carbocycles. The zero-order valence-electron chi connectivity index (χ0n) is 9.88. The number of nitrogens with one attached hydrogen (secondary N) is 1. The third-order valence-corrected chi connectivity index (χ3v) is 4.20. The van der Waals surface area contributed by atoms with Gasteiger partial charge in [0.2, 0.25) is 0 Å². The first-order valence-corrected chi connectivity index (χ1v) is 6.99. The molecule has 1 fully saturated rings. The maximum Gasteiger partial charge on any atom is 0.0146 e. The second kappa shape index (κ2) is 6.73. The van der Waals surface area contributed by atoms with Gasteiger partial charge >= 0.3 is 0 Å². The summed E-state index contributed by atoms with van der Waals surface area (Å²) >= 11 is 2.20. The van der Waals surface area contributed by atoms with E-state index >= 15 is 0 Å². The van der Waals surface area contributed by atoms with Crippen LogP contribution in [0.15, 0.2) is 0 Å². The second-order valence-corrected chi connectivity index (χ2v) is 6.65. The molecule has 1 unspecified atom stereocenters. The fraction of sp³-hybridized carbons (Fsp3) is 1.00. The van der Waals surface area contributed by atoms with Crippen LogP contribution in [0.4, 0.5) is 0 Å². The number of thioether (sulfide) groups is 1. The fourth-order valence-electron chi connectivity index (χ4n) is 1.98. The first kappa shape index (κ1) is 12.4. The van der Waals surface area contributed by atoms with Crippen molar-refractivity contribution in [2.45, 2.75) is 57.0 Å². The third-order valence-electron chi connectivity index (χ3n) is 2.71. The molecule has 0 heterocycles. The molecular weight excluding hydrogens is 190 g/mol. The summed E-state index contributed by atoms with van der Waals surface area (Å²) in [7, 11) is 0. The highest BCUT2D eigenvalue weighted by Gasteiger charge is 2.17. The van der Waals surface area contributed by atoms with Gasteiger partial charge in [0, 0.05) is 17.0 Å². The Hall–Kier alpha value is 0.310. The first-order chi connectivity index (χ1) is 6.68. The molecule has 0 spiro atoms. The summed E-state index contributed by atoms with van der Waals surface area (Å²) in [6, 6.07) is 0. The van der Waals surface area contributed by atoms with Gasteiger partial charge < -0.3 is 5.32 Å². The smallest absolute Gasteiger partial charge is 0.0146 e. The predicted molar refractivity (Wildman–Crippen MR) is 67.0 cm³/mol. The Morgan fingerprint density at radius 2 is 1.79 bits per heavy atom. The van der Waals surface area contributed by atoms with Crippen LogP contribution in [0.5, 0.6) is 0 Å². The topological polar surface area (TPSA) is 12.0 Å². The highest BCUT2D eigenvalue weighted by atomic mass is 32.2. The average molecular weight is 215 g/mol. The van der Waals surface area contributed by atoms with E-state index in [-0.39, 0.29) is 0 Å². The SMILES string of the molecule is CC(C)CNCC(C)SC1CCCC1. The fourth-order valence-corrected chi connectivity index (χ4v) is 3.45. The van der Waals surface area contributed by atoms with Gasteiger partial charge in [0.05, 0.1) is 0 Å². The number of hydrogen-bond acceptors (Lipinski definition) is 2. The Kier molecular flexibility index (Phi) is 5.95. The Morgan fingerprint density at radius 1 is 1.14 bits per heavy atom. The Morgan fingerprint density at radius 3 is 2.36 bits per heavy atom. The predicted octanol–water partition coefficient (Wildman–Crippen LogP) is 3.30. The van der Waals surface area contributed by atoms with E-state index in [2.05, 4.69) is 37.8 Å². The molecule has 0 aromatic rings. The van der Waals surface area contributed by atoms with Crippen LogP contribution in [0.1, 0.15) is 46.5 Å². The lowest BCUT2D eigenvalue weighted by atomic mass is 10.2. The van der Waals surface area contributed by atoms with Crippen LogP contribution in [-0.2, 0) is 0 Å². The van der Waals surface area contributed by atoms with Crippen molar-refractivity contribution in [2.75, 3.05) is 13.1 Å². The normalized spacial score (nSPS) is 20.6. The zero-order chi connectivity index (χ0) is 10.4. The summed E-state index contributed by atoms with van der Waals surface area (Å²) in [6.07, 6.45) is 5.84. The van der Waals surface area contributed by atoms with E-state index in [1.165, 1.54) is 32.2 Å². The maximum atomic E-state index is 3.54. The number of rotatable bonds is 6. The maximum absolute atomic E-state index is 3.54. The minimum atomic E-state index is 0.777. The van der Waals surface area contributed by atoms with Gasteiger partial charge in [-0.05, 0) is 25.3 Å². The van der Waals surface area contributed by atoms with E-state index in [1.807, 2.05) is 0 Å². The molecule has 2 heteroatoms. The summed E-state index contributed by atoms with van der Waals surface area (Å²) < 4.78 is 0. The van der Waals surface area contributed by atoms with Gasteiger partial charge in [0.15, 0.2) is 0 Å². The average Bonchev–Trinajstić information content (AvgIpc) is 2.56. The van der Waals surface area contributed by atoms with Gasteiger partial charge in [0.1, 0.15) is 0 Å². The molecule has 0 aromatic heterocycles. The van der Waals surface area contributed by atoms with Gasteiger partial charge in [-0.2, -0.15) is 11.8 Å². The summed E-state index contributed by atoms with van der Waals surface area (Å²) in [5.74, 6) is 0.777. The van der Waals surface area contributed by atoms with Crippen LogP contribution in [0.25, 0.3) is 0 Å². The van der Waals surface area contributed by atoms with E-state index in [9.17, 15) is 0 Å². The largest absolute Gasteiger partial charge is 0.315 e. The summed E-state index contributed by atoms with van der Waals surface area (Å²) in [5.41, 5.74) is 0. The van der Waals surface area contributed by atoms with Crippen molar-refractivity contribution < 1.29 is 0 Å². The van der Waals surface area contributed by atoms with Crippen molar-refractivity contribution in [3.05, 3.63) is 0 Å². The standard InChI is InChI=1S/C12H25NS/c1-10(2)8-13-9-11(3)14-12-6-4-5-7-12/h10-13H,4-9H2,1-3H3. The minimum Gasteiger partial charge on any atom is -0.315 e. The van der Waals surface area contributed by atoms with Crippen LogP contribution in [-0.4, -0.2) is 23.6 Å². The van der Waals surface area contributed by atoms with Crippen molar-refractivity contribution in [1.82, 2.24) is 5.32 Å². The lowest BCUT2D eigenvalue weighted by Gasteiger charge is -2.17. The Labute approximate surface area is 93.4 Å². The van der Waals surface area contributed by atoms with Crippen molar-refractivity contribution in [1.29, 1.82) is 0 Å². The highest BCUT2D eigenvalue weighted by Crippen LogP contribution is 2.31. The lowest BCUT2D eigenvalue weighted by molar-refractivity contribution is 0.553. The zero-order valence-corrected chi connectivity index (χ0v) is 10.7. The molecular formula is C12H25NS. The molecule has 0 amide bonds. The molecule has 1 aliphatic carbocycles. The van der Waals surface area contributed by atoms with Crippen molar-refractivity contribution >= 4 is 11.8 Å². The van der Waals surface area contributed by atoms with Crippen LogP contribution in [0, 0.1) is 5.92 Å². The van der Waals surface area contributed by atoms with E-state index < -0.39 is 0 Å². The lowest BCUT2D eigenvalue weighted by Crippen LogP contribution is -2.27. The molecule has 1 N–H and O–H groups in total. The second-order valence-electron chi connectivity index (χ2n) is 4.91. The van der Waals surface area contributed by atoms with Crippen LogP contribution in [0.3, 0.4) is 0 Å². The van der Waals surface area contributed by atoms with Gasteiger partial charge in [0.25, 0.3) is 0 Å². The van der Waals surface area contributed by atoms with E-state index in [0.717, 1.165) is 23.0 Å². The van der Waals surface area contributed by atoms with E-state index in [4.69, 9.17) is 0 Å². The molecule has 0 bridgehead atoms. The van der Waals surface area contributed by atoms with Crippen molar-refractivity contribution in [2.24, 2.45) is 5.92 Å². The molecule has 0 saturated heterocycles. The molecule has 84 valence electrons. The van der Waals surface area contributed by atoms with Gasteiger partial charge in [-0.3, -0.25) is 0 Å². The third kappa shape index (κ3) is 5.26. The highest BCUT2D eigenvalue weighted by molar-refractivity contribution is 8.00. The molecule has 1 rings (SSSR count). The van der Waals surface area contributed by atoms with Crippen molar-refractivity contribution in [3.63, 3.8) is 0 Å². The molecule has 1 atom stereocenters. The summed E-state index contributed by atoms with van der Waals surface area (Å²) in [6.45, 7) is 9.23. The van der Waals surface area contributed by atoms with Crippen LogP contribution in [0.2, 0.25) is 0 Å². The summed E-state index contributed by atoms with van der Waals surface area (Å²) in [5, 5.41) is 5.29. The van der Waals surface area contributed by atoms with Gasteiger partial charge in [-0.1, -0.05) is 33.6 Å². The quantitative estimate of drug-likeness (QED) is 0.729. The molecule has 1 saturated carbocycles. The minimum absolute atomic E-state index is 0.777. The first-order valence-electron chi connectivity index (χ1n) is 6.04. The molecule has 0 aliphatic heterocycles. The van der Waals surface area contributed by atoms with Crippen molar-refractivity contribution in [3.8, 4) is 0 Å². The van der Waals surface area contributed by atoms with Gasteiger partial charge in [-0.15, -0.1) is 0 Å². The Bertz CT molecular complexity index is 141.